The lowest BCUT2D eigenvalue weighted by Crippen LogP contribution is -2.30. The van der Waals surface area contributed by atoms with Gasteiger partial charge in [0, 0.05) is 42.0 Å². The minimum Gasteiger partial charge on any atom is -0.380 e. The number of H-pyrrole nitrogens is 1. The van der Waals surface area contributed by atoms with Crippen molar-refractivity contribution in [3.8, 4) is 0 Å². The summed E-state index contributed by atoms with van der Waals surface area (Å²) in [4.78, 5) is 15.3. The number of carbonyl (C=O) groups is 1. The smallest absolute Gasteiger partial charge is 0.319 e. The number of carbonyl (C=O) groups excluding carboxylic acids is 1. The first-order valence-electron chi connectivity index (χ1n) is 7.94. The van der Waals surface area contributed by atoms with Crippen LogP contribution in [0.4, 0.5) is 10.5 Å². The molecule has 3 aromatic rings. The van der Waals surface area contributed by atoms with Gasteiger partial charge in [0.15, 0.2) is 0 Å². The zero-order valence-electron chi connectivity index (χ0n) is 13.6. The van der Waals surface area contributed by atoms with Gasteiger partial charge in [-0.1, -0.05) is 36.4 Å². The number of hydrogen-bond donors (Lipinski definition) is 3. The Bertz CT molecular complexity index is 826. The molecule has 1 heterocycles. The molecule has 5 nitrogen and oxygen atoms in total. The number of ether oxygens (including phenoxy) is 1. The molecule has 0 saturated heterocycles. The number of benzene rings is 2. The highest BCUT2D eigenvalue weighted by Crippen LogP contribution is 2.18. The number of fused-ring (bicyclic) bond motifs is 1. The molecular weight excluding hydrogens is 302 g/mol. The molecular formula is C19H21N3O2. The van der Waals surface area contributed by atoms with Crippen molar-refractivity contribution in [2.24, 2.45) is 0 Å². The van der Waals surface area contributed by atoms with E-state index in [9.17, 15) is 4.79 Å². The van der Waals surface area contributed by atoms with Gasteiger partial charge in [-0.3, -0.25) is 0 Å². The highest BCUT2D eigenvalue weighted by atomic mass is 16.5. The maximum Gasteiger partial charge on any atom is 0.319 e. The van der Waals surface area contributed by atoms with E-state index in [1.54, 1.807) is 7.11 Å². The summed E-state index contributed by atoms with van der Waals surface area (Å²) in [7, 11) is 1.64. The van der Waals surface area contributed by atoms with Gasteiger partial charge < -0.3 is 20.4 Å². The maximum absolute atomic E-state index is 12.1. The second-order valence-corrected chi connectivity index (χ2v) is 5.58. The first-order chi connectivity index (χ1) is 11.8. The van der Waals surface area contributed by atoms with Crippen LogP contribution in [0.2, 0.25) is 0 Å². The maximum atomic E-state index is 12.1. The van der Waals surface area contributed by atoms with Crippen LogP contribution in [-0.4, -0.2) is 24.7 Å². The molecule has 3 rings (SSSR count). The Hall–Kier alpha value is -2.79. The molecule has 0 aliphatic rings. The Morgan fingerprint density at radius 1 is 1.08 bits per heavy atom. The lowest BCUT2D eigenvalue weighted by molar-refractivity contribution is 0.185. The van der Waals surface area contributed by atoms with Gasteiger partial charge in [-0.15, -0.1) is 0 Å². The number of nitrogens with one attached hydrogen (secondary N) is 3. The van der Waals surface area contributed by atoms with Crippen molar-refractivity contribution >= 4 is 22.6 Å². The molecule has 0 aliphatic carbocycles. The summed E-state index contributed by atoms with van der Waals surface area (Å²) in [6.07, 6.45) is 2.77. The van der Waals surface area contributed by atoms with Gasteiger partial charge in [0.25, 0.3) is 0 Å². The van der Waals surface area contributed by atoms with Gasteiger partial charge in [-0.25, -0.2) is 4.79 Å². The zero-order valence-corrected chi connectivity index (χ0v) is 13.6. The molecule has 3 N–H and O–H groups in total. The summed E-state index contributed by atoms with van der Waals surface area (Å²) in [5.41, 5.74) is 4.03. The normalized spacial score (nSPS) is 10.7. The van der Waals surface area contributed by atoms with Crippen LogP contribution in [0.15, 0.2) is 54.7 Å². The molecule has 0 aliphatic heterocycles. The summed E-state index contributed by atoms with van der Waals surface area (Å²) in [6, 6.07) is 15.6. The summed E-state index contributed by atoms with van der Waals surface area (Å²) < 4.78 is 5.15. The van der Waals surface area contributed by atoms with Crippen molar-refractivity contribution in [2.75, 3.05) is 19.0 Å². The molecule has 124 valence electrons. The highest BCUT2D eigenvalue weighted by Gasteiger charge is 2.07. The predicted molar refractivity (Wildman–Crippen MR) is 96.2 cm³/mol. The highest BCUT2D eigenvalue weighted by molar-refractivity contribution is 5.90. The molecule has 0 saturated carbocycles. The van der Waals surface area contributed by atoms with Crippen molar-refractivity contribution in [3.05, 3.63) is 65.9 Å². The largest absolute Gasteiger partial charge is 0.380 e. The van der Waals surface area contributed by atoms with Crippen LogP contribution in [0.3, 0.4) is 0 Å². The monoisotopic (exact) mass is 323 g/mol. The van der Waals surface area contributed by atoms with Crippen LogP contribution >= 0.6 is 0 Å². The van der Waals surface area contributed by atoms with E-state index in [1.807, 2.05) is 48.7 Å². The molecule has 2 aromatic carbocycles. The second-order valence-electron chi connectivity index (χ2n) is 5.58. The van der Waals surface area contributed by atoms with Crippen LogP contribution in [0, 0.1) is 0 Å². The Kier molecular flexibility index (Phi) is 5.13. The van der Waals surface area contributed by atoms with Crippen molar-refractivity contribution in [1.82, 2.24) is 10.3 Å². The quantitative estimate of drug-likeness (QED) is 0.648. The number of para-hydroxylation sites is 2. The number of rotatable bonds is 6. The van der Waals surface area contributed by atoms with Crippen LogP contribution in [0.5, 0.6) is 0 Å². The van der Waals surface area contributed by atoms with E-state index in [0.29, 0.717) is 13.2 Å². The Balaban J connectivity index is 1.55. The molecule has 0 bridgehead atoms. The standard InChI is InChI=1S/C19H21N3O2/c1-24-13-15-6-2-4-8-17(15)22-19(23)20-11-10-14-12-21-18-9-5-3-7-16(14)18/h2-9,12,21H,10-11,13H2,1H3,(H2,20,22,23). The van der Waals surface area contributed by atoms with Gasteiger partial charge in [0.1, 0.15) is 0 Å². The molecule has 0 radical (unpaired) electrons. The lowest BCUT2D eigenvalue weighted by Gasteiger charge is -2.11. The average molecular weight is 323 g/mol. The van der Waals surface area contributed by atoms with E-state index in [4.69, 9.17) is 4.74 Å². The number of urea groups is 1. The molecule has 0 unspecified atom stereocenters. The molecule has 1 aromatic heterocycles. The van der Waals surface area contributed by atoms with Crippen LogP contribution < -0.4 is 10.6 Å². The number of anilines is 1. The summed E-state index contributed by atoms with van der Waals surface area (Å²) in [5, 5.41) is 6.97. The first kappa shape index (κ1) is 16.1. The molecule has 5 heteroatoms. The lowest BCUT2D eigenvalue weighted by atomic mass is 10.1. The summed E-state index contributed by atoms with van der Waals surface area (Å²) >= 11 is 0. The minimum absolute atomic E-state index is 0.210. The van der Waals surface area contributed by atoms with E-state index in [1.165, 1.54) is 10.9 Å². The fourth-order valence-corrected chi connectivity index (χ4v) is 2.74. The topological polar surface area (TPSA) is 66.2 Å². The molecule has 24 heavy (non-hydrogen) atoms. The van der Waals surface area contributed by atoms with Gasteiger partial charge in [0.2, 0.25) is 0 Å². The van der Waals surface area contributed by atoms with Gasteiger partial charge in [-0.2, -0.15) is 0 Å². The fourth-order valence-electron chi connectivity index (χ4n) is 2.74. The molecule has 0 spiro atoms. The Morgan fingerprint density at radius 3 is 2.75 bits per heavy atom. The van der Waals surface area contributed by atoms with Crippen LogP contribution in [0.1, 0.15) is 11.1 Å². The number of aromatic nitrogens is 1. The van der Waals surface area contributed by atoms with E-state index in [-0.39, 0.29) is 6.03 Å². The predicted octanol–water partition coefficient (Wildman–Crippen LogP) is 3.68. The van der Waals surface area contributed by atoms with Gasteiger partial charge in [-0.05, 0) is 24.1 Å². The zero-order chi connectivity index (χ0) is 16.8. The third-order valence-electron chi connectivity index (χ3n) is 3.92. The van der Waals surface area contributed by atoms with Crippen molar-refractivity contribution in [3.63, 3.8) is 0 Å². The summed E-state index contributed by atoms with van der Waals surface area (Å²) in [6.45, 7) is 1.03. The van der Waals surface area contributed by atoms with E-state index in [0.717, 1.165) is 23.2 Å². The number of amides is 2. The summed E-state index contributed by atoms with van der Waals surface area (Å²) in [5.74, 6) is 0. The third kappa shape index (κ3) is 3.75. The first-order valence-corrected chi connectivity index (χ1v) is 7.94. The fraction of sp³-hybridized carbons (Fsp3) is 0.211. The van der Waals surface area contributed by atoms with E-state index in [2.05, 4.69) is 21.7 Å². The van der Waals surface area contributed by atoms with Gasteiger partial charge >= 0.3 is 6.03 Å². The third-order valence-corrected chi connectivity index (χ3v) is 3.92. The van der Waals surface area contributed by atoms with Crippen LogP contribution in [0.25, 0.3) is 10.9 Å². The van der Waals surface area contributed by atoms with Crippen molar-refractivity contribution in [1.29, 1.82) is 0 Å². The minimum atomic E-state index is -0.210. The molecule has 0 fully saturated rings. The van der Waals surface area contributed by atoms with E-state index >= 15 is 0 Å². The number of hydrogen-bond acceptors (Lipinski definition) is 2. The molecule has 0 atom stereocenters. The Morgan fingerprint density at radius 2 is 1.88 bits per heavy atom. The Labute approximate surface area is 141 Å². The SMILES string of the molecule is COCc1ccccc1NC(=O)NCCc1c[nH]c2ccccc12. The molecule has 2 amide bonds. The van der Waals surface area contributed by atoms with Crippen LogP contribution in [-0.2, 0) is 17.8 Å². The van der Waals surface area contributed by atoms with E-state index < -0.39 is 0 Å². The number of methoxy groups -OCH3 is 1. The average Bonchev–Trinajstić information content (AvgIpc) is 3.00. The number of aromatic amines is 1. The second kappa shape index (κ2) is 7.66. The van der Waals surface area contributed by atoms with Crippen molar-refractivity contribution in [2.45, 2.75) is 13.0 Å². The van der Waals surface area contributed by atoms with Gasteiger partial charge in [0.05, 0.1) is 6.61 Å². The van der Waals surface area contributed by atoms with Crippen molar-refractivity contribution < 1.29 is 9.53 Å².